The standard InChI is InChI=1S/C12H16N4.C6H6IN.C6H11N3/c1-15(2)9-12-14-6-7-16(12)11-5-3-4-10(13)8-11;7-5-2-1-3-6(8)4-5;1-9(2)5-6-7-3-4-8-6/h3-8H,9,13H2,1-2H3;1-4H,8H2;3-4H,5H2,1-2H3,(H,7,8). The SMILES string of the molecule is CN(C)Cc1ncc[nH]1.CN(C)Cc1nccn1-c1cccc(N)c1.Nc1cccc(I)c1. The molecule has 0 saturated heterocycles. The first-order chi connectivity index (χ1) is 15.7. The van der Waals surface area contributed by atoms with E-state index in [1.807, 2.05) is 95.3 Å². The molecule has 0 fully saturated rings. The van der Waals surface area contributed by atoms with Crippen LogP contribution in [0.1, 0.15) is 11.6 Å². The van der Waals surface area contributed by atoms with Gasteiger partial charge in [0.25, 0.3) is 0 Å². The lowest BCUT2D eigenvalue weighted by Crippen LogP contribution is -2.14. The van der Waals surface area contributed by atoms with Crippen LogP contribution in [0.15, 0.2) is 73.3 Å². The lowest BCUT2D eigenvalue weighted by atomic mass is 10.3. The van der Waals surface area contributed by atoms with Crippen LogP contribution < -0.4 is 11.5 Å². The molecule has 8 nitrogen and oxygen atoms in total. The number of hydrogen-bond donors (Lipinski definition) is 3. The Labute approximate surface area is 209 Å². The molecule has 0 unspecified atom stereocenters. The number of aromatic amines is 1. The highest BCUT2D eigenvalue weighted by Crippen LogP contribution is 2.14. The zero-order valence-corrected chi connectivity index (χ0v) is 21.8. The van der Waals surface area contributed by atoms with Crippen LogP contribution in [-0.4, -0.2) is 57.5 Å². The predicted octanol–water partition coefficient (Wildman–Crippen LogP) is 3.86. The molecule has 0 atom stereocenters. The summed E-state index contributed by atoms with van der Waals surface area (Å²) in [6, 6.07) is 15.6. The van der Waals surface area contributed by atoms with Crippen molar-refractivity contribution < 1.29 is 0 Å². The van der Waals surface area contributed by atoms with E-state index in [9.17, 15) is 0 Å². The number of nitrogens with one attached hydrogen (secondary N) is 1. The summed E-state index contributed by atoms with van der Waals surface area (Å²) in [4.78, 5) is 15.6. The van der Waals surface area contributed by atoms with E-state index in [1.54, 1.807) is 6.20 Å². The third-order valence-electron chi connectivity index (χ3n) is 4.19. The van der Waals surface area contributed by atoms with Gasteiger partial charge in [-0.15, -0.1) is 0 Å². The lowest BCUT2D eigenvalue weighted by molar-refractivity contribution is 0.388. The topological polar surface area (TPSA) is 105 Å². The van der Waals surface area contributed by atoms with Crippen molar-refractivity contribution in [1.82, 2.24) is 29.3 Å². The Morgan fingerprint density at radius 1 is 0.879 bits per heavy atom. The summed E-state index contributed by atoms with van der Waals surface area (Å²) >= 11 is 2.23. The molecule has 0 amide bonds. The highest BCUT2D eigenvalue weighted by atomic mass is 127. The monoisotopic (exact) mass is 560 g/mol. The summed E-state index contributed by atoms with van der Waals surface area (Å²) in [5.74, 6) is 2.02. The highest BCUT2D eigenvalue weighted by Gasteiger charge is 2.05. The van der Waals surface area contributed by atoms with Crippen molar-refractivity contribution in [2.75, 3.05) is 39.7 Å². The fourth-order valence-corrected chi connectivity index (χ4v) is 3.40. The predicted molar refractivity (Wildman–Crippen MR) is 145 cm³/mol. The summed E-state index contributed by atoms with van der Waals surface area (Å²) in [5, 5.41) is 0. The van der Waals surface area contributed by atoms with Crippen LogP contribution in [0.4, 0.5) is 11.4 Å². The van der Waals surface area contributed by atoms with E-state index in [2.05, 4.69) is 51.9 Å². The average molecular weight is 560 g/mol. The summed E-state index contributed by atoms with van der Waals surface area (Å²) < 4.78 is 3.23. The number of H-pyrrole nitrogens is 1. The molecule has 33 heavy (non-hydrogen) atoms. The van der Waals surface area contributed by atoms with Gasteiger partial charge in [-0.1, -0.05) is 12.1 Å². The number of imidazole rings is 2. The lowest BCUT2D eigenvalue weighted by Gasteiger charge is -2.12. The first-order valence-corrected chi connectivity index (χ1v) is 11.5. The second-order valence-electron chi connectivity index (χ2n) is 7.87. The summed E-state index contributed by atoms with van der Waals surface area (Å²) in [6.45, 7) is 1.69. The molecule has 9 heteroatoms. The average Bonchev–Trinajstić information content (AvgIpc) is 3.40. The van der Waals surface area contributed by atoms with Crippen molar-refractivity contribution in [3.63, 3.8) is 0 Å². The second-order valence-corrected chi connectivity index (χ2v) is 9.12. The van der Waals surface area contributed by atoms with Crippen LogP contribution in [0, 0.1) is 3.57 Å². The van der Waals surface area contributed by atoms with Crippen LogP contribution in [-0.2, 0) is 13.1 Å². The van der Waals surface area contributed by atoms with Gasteiger partial charge in [-0.2, -0.15) is 0 Å². The van der Waals surface area contributed by atoms with E-state index >= 15 is 0 Å². The third-order valence-corrected chi connectivity index (χ3v) is 4.86. The fourth-order valence-electron chi connectivity index (χ4n) is 2.83. The molecule has 0 spiro atoms. The fraction of sp³-hybridized carbons (Fsp3) is 0.250. The molecule has 0 bridgehead atoms. The maximum absolute atomic E-state index is 5.77. The van der Waals surface area contributed by atoms with E-state index in [-0.39, 0.29) is 0 Å². The van der Waals surface area contributed by atoms with Crippen LogP contribution in [0.3, 0.4) is 0 Å². The Morgan fingerprint density at radius 3 is 2.06 bits per heavy atom. The van der Waals surface area contributed by atoms with Crippen LogP contribution >= 0.6 is 22.6 Å². The van der Waals surface area contributed by atoms with Crippen LogP contribution in [0.2, 0.25) is 0 Å². The van der Waals surface area contributed by atoms with Gasteiger partial charge in [-0.05, 0) is 87.2 Å². The van der Waals surface area contributed by atoms with E-state index < -0.39 is 0 Å². The molecule has 4 aromatic rings. The molecule has 0 radical (unpaired) electrons. The quantitative estimate of drug-likeness (QED) is 0.253. The smallest absolute Gasteiger partial charge is 0.127 e. The molecular formula is C24H33IN8. The van der Waals surface area contributed by atoms with Gasteiger partial charge in [0, 0.05) is 45.4 Å². The molecular weight excluding hydrogens is 527 g/mol. The number of anilines is 2. The van der Waals surface area contributed by atoms with E-state index in [0.29, 0.717) is 0 Å². The van der Waals surface area contributed by atoms with Crippen molar-refractivity contribution >= 4 is 34.0 Å². The molecule has 2 heterocycles. The van der Waals surface area contributed by atoms with E-state index in [4.69, 9.17) is 11.5 Å². The molecule has 0 aliphatic heterocycles. The molecule has 0 aliphatic carbocycles. The maximum Gasteiger partial charge on any atom is 0.127 e. The molecule has 2 aromatic carbocycles. The summed E-state index contributed by atoms with van der Waals surface area (Å²) in [7, 11) is 8.09. The largest absolute Gasteiger partial charge is 0.399 e. The van der Waals surface area contributed by atoms with Gasteiger partial charge < -0.3 is 30.8 Å². The Hall–Kier alpha value is -2.89. The number of nitrogens with zero attached hydrogens (tertiary/aromatic N) is 5. The molecule has 0 saturated carbocycles. The second kappa shape index (κ2) is 13.6. The number of aromatic nitrogens is 4. The zero-order valence-electron chi connectivity index (χ0n) is 19.6. The molecule has 4 rings (SSSR count). The van der Waals surface area contributed by atoms with E-state index in [1.165, 1.54) is 3.57 Å². The number of rotatable bonds is 5. The van der Waals surface area contributed by atoms with Crippen LogP contribution in [0.25, 0.3) is 5.69 Å². The Morgan fingerprint density at radius 2 is 1.55 bits per heavy atom. The van der Waals surface area contributed by atoms with Crippen molar-refractivity contribution in [2.24, 2.45) is 0 Å². The number of benzene rings is 2. The highest BCUT2D eigenvalue weighted by molar-refractivity contribution is 14.1. The Balaban J connectivity index is 0.000000192. The summed E-state index contributed by atoms with van der Waals surface area (Å²) in [5.41, 5.74) is 13.9. The van der Waals surface area contributed by atoms with Crippen molar-refractivity contribution in [3.05, 3.63) is 88.5 Å². The van der Waals surface area contributed by atoms with Gasteiger partial charge in [0.1, 0.15) is 11.6 Å². The van der Waals surface area contributed by atoms with Gasteiger partial charge in [-0.3, -0.25) is 0 Å². The Kier molecular flexibility index (Phi) is 10.9. The van der Waals surface area contributed by atoms with Gasteiger partial charge in [0.2, 0.25) is 0 Å². The number of halogens is 1. The first-order valence-electron chi connectivity index (χ1n) is 10.4. The van der Waals surface area contributed by atoms with Gasteiger partial charge in [-0.25, -0.2) is 9.97 Å². The van der Waals surface area contributed by atoms with E-state index in [0.717, 1.165) is 41.8 Å². The number of nitrogens with two attached hydrogens (primary N) is 2. The third kappa shape index (κ3) is 10.1. The minimum atomic E-state index is 0.766. The first kappa shape index (κ1) is 26.4. The molecule has 0 aliphatic rings. The molecule has 5 N–H and O–H groups in total. The summed E-state index contributed by atoms with van der Waals surface area (Å²) in [6.07, 6.45) is 7.35. The molecule has 176 valence electrons. The van der Waals surface area contributed by atoms with Gasteiger partial charge in [0.05, 0.1) is 13.1 Å². The van der Waals surface area contributed by atoms with Crippen molar-refractivity contribution in [3.8, 4) is 5.69 Å². The maximum atomic E-state index is 5.77. The minimum absolute atomic E-state index is 0.766. The number of nitrogen functional groups attached to an aromatic ring is 2. The number of hydrogen-bond acceptors (Lipinski definition) is 6. The zero-order chi connectivity index (χ0) is 24.2. The Bertz CT molecular complexity index is 1060. The minimum Gasteiger partial charge on any atom is -0.399 e. The van der Waals surface area contributed by atoms with Crippen molar-refractivity contribution in [1.29, 1.82) is 0 Å². The van der Waals surface area contributed by atoms with Crippen molar-refractivity contribution in [2.45, 2.75) is 13.1 Å². The van der Waals surface area contributed by atoms with Gasteiger partial charge >= 0.3 is 0 Å². The van der Waals surface area contributed by atoms with Crippen LogP contribution in [0.5, 0.6) is 0 Å². The normalized spacial score (nSPS) is 10.4. The van der Waals surface area contributed by atoms with Gasteiger partial charge in [0.15, 0.2) is 0 Å². The molecule has 2 aromatic heterocycles.